The maximum Gasteiger partial charge on any atom is 0.244 e. The maximum absolute atomic E-state index is 12.2. The van der Waals surface area contributed by atoms with Gasteiger partial charge >= 0.3 is 0 Å². The number of amides is 1. The number of rotatable bonds is 3. The minimum Gasteiger partial charge on any atom is -0.382 e. The first kappa shape index (κ1) is 12.6. The molecular formula is C12H19N5O. The molecule has 2 heterocycles. The molecule has 0 spiro atoms. The van der Waals surface area contributed by atoms with E-state index < -0.39 is 0 Å². The predicted molar refractivity (Wildman–Crippen MR) is 70.0 cm³/mol. The van der Waals surface area contributed by atoms with Gasteiger partial charge in [0.1, 0.15) is 17.7 Å². The number of carbonyl (C=O) groups is 1. The summed E-state index contributed by atoms with van der Waals surface area (Å²) in [6.45, 7) is 3.56. The predicted octanol–water partition coefficient (Wildman–Crippen LogP) is 0.872. The largest absolute Gasteiger partial charge is 0.382 e. The summed E-state index contributed by atoms with van der Waals surface area (Å²) in [6, 6.07) is 3.09. The van der Waals surface area contributed by atoms with Gasteiger partial charge in [0.15, 0.2) is 0 Å². The fourth-order valence-corrected chi connectivity index (χ4v) is 2.09. The molecule has 1 aromatic heterocycles. The van der Waals surface area contributed by atoms with Crippen molar-refractivity contribution < 1.29 is 4.79 Å². The topological polar surface area (TPSA) is 84.1 Å². The van der Waals surface area contributed by atoms with Crippen LogP contribution < -0.4 is 11.1 Å². The van der Waals surface area contributed by atoms with E-state index in [0.29, 0.717) is 11.6 Å². The third kappa shape index (κ3) is 3.09. The molecule has 1 aliphatic rings. The lowest BCUT2D eigenvalue weighted by Gasteiger charge is -2.29. The summed E-state index contributed by atoms with van der Waals surface area (Å²) in [5, 5.41) is 10.7. The first-order chi connectivity index (χ1) is 8.66. The summed E-state index contributed by atoms with van der Waals surface area (Å²) in [5.41, 5.74) is 5.46. The van der Waals surface area contributed by atoms with Gasteiger partial charge in [0.05, 0.1) is 0 Å². The number of nitrogens with two attached hydrogens (primary N) is 1. The first-order valence-corrected chi connectivity index (χ1v) is 6.31. The van der Waals surface area contributed by atoms with Gasteiger partial charge in [-0.05, 0) is 38.3 Å². The first-order valence-electron chi connectivity index (χ1n) is 6.31. The van der Waals surface area contributed by atoms with Gasteiger partial charge in [0.2, 0.25) is 5.91 Å². The van der Waals surface area contributed by atoms with Crippen LogP contribution in [0.2, 0.25) is 0 Å². The highest BCUT2D eigenvalue weighted by Crippen LogP contribution is 2.12. The second-order valence-corrected chi connectivity index (χ2v) is 4.60. The Morgan fingerprint density at radius 2 is 2.06 bits per heavy atom. The van der Waals surface area contributed by atoms with Crippen molar-refractivity contribution in [2.24, 2.45) is 0 Å². The van der Waals surface area contributed by atoms with Crippen molar-refractivity contribution in [2.45, 2.75) is 32.2 Å². The van der Waals surface area contributed by atoms with Crippen LogP contribution in [0.3, 0.4) is 0 Å². The summed E-state index contributed by atoms with van der Waals surface area (Å²) in [7, 11) is 0. The van der Waals surface area contributed by atoms with Crippen LogP contribution in [0, 0.1) is 0 Å². The Balaban J connectivity index is 1.92. The third-order valence-corrected chi connectivity index (χ3v) is 3.09. The molecule has 6 heteroatoms. The van der Waals surface area contributed by atoms with Crippen LogP contribution in [-0.4, -0.2) is 40.1 Å². The SMILES string of the molecule is CC(Nc1ccc(N)nn1)C(=O)N1CCCCC1. The minimum absolute atomic E-state index is 0.119. The van der Waals surface area contributed by atoms with Gasteiger partial charge in [0, 0.05) is 13.1 Å². The molecule has 1 amide bonds. The number of anilines is 2. The molecular weight excluding hydrogens is 230 g/mol. The van der Waals surface area contributed by atoms with E-state index in [1.54, 1.807) is 12.1 Å². The fraction of sp³-hybridized carbons (Fsp3) is 0.583. The number of hydrogen-bond acceptors (Lipinski definition) is 5. The number of piperidine rings is 1. The molecule has 0 aromatic carbocycles. The van der Waals surface area contributed by atoms with Crippen LogP contribution in [0.25, 0.3) is 0 Å². The molecule has 0 aliphatic carbocycles. The number of nitrogen functional groups attached to an aromatic ring is 1. The van der Waals surface area contributed by atoms with Crippen molar-refractivity contribution in [1.82, 2.24) is 15.1 Å². The van der Waals surface area contributed by atoms with Crippen molar-refractivity contribution in [3.63, 3.8) is 0 Å². The lowest BCUT2D eigenvalue weighted by Crippen LogP contribution is -2.44. The van der Waals surface area contributed by atoms with Crippen LogP contribution in [0.1, 0.15) is 26.2 Å². The van der Waals surface area contributed by atoms with Crippen molar-refractivity contribution in [1.29, 1.82) is 0 Å². The number of hydrogen-bond donors (Lipinski definition) is 2. The standard InChI is InChI=1S/C12H19N5O/c1-9(12(18)17-7-3-2-4-8-17)14-11-6-5-10(13)15-16-11/h5-6,9H,2-4,7-8H2,1H3,(H2,13,15)(H,14,16). The van der Waals surface area contributed by atoms with Gasteiger partial charge in [0.25, 0.3) is 0 Å². The zero-order valence-electron chi connectivity index (χ0n) is 10.6. The van der Waals surface area contributed by atoms with E-state index in [-0.39, 0.29) is 11.9 Å². The van der Waals surface area contributed by atoms with E-state index in [0.717, 1.165) is 25.9 Å². The number of carbonyl (C=O) groups excluding carboxylic acids is 1. The summed E-state index contributed by atoms with van der Waals surface area (Å²) in [5.74, 6) is 1.06. The molecule has 1 saturated heterocycles. The molecule has 18 heavy (non-hydrogen) atoms. The molecule has 1 aromatic rings. The molecule has 0 radical (unpaired) electrons. The highest BCUT2D eigenvalue weighted by atomic mass is 16.2. The van der Waals surface area contributed by atoms with Crippen LogP contribution >= 0.6 is 0 Å². The molecule has 2 rings (SSSR count). The van der Waals surface area contributed by atoms with Crippen LogP contribution in [0.5, 0.6) is 0 Å². The number of likely N-dealkylation sites (tertiary alicyclic amines) is 1. The molecule has 0 bridgehead atoms. The second kappa shape index (κ2) is 5.66. The Bertz CT molecular complexity index is 399. The summed E-state index contributed by atoms with van der Waals surface area (Å²) in [6.07, 6.45) is 3.41. The molecule has 3 N–H and O–H groups in total. The van der Waals surface area contributed by atoms with Crippen molar-refractivity contribution in [2.75, 3.05) is 24.1 Å². The average molecular weight is 249 g/mol. The Morgan fingerprint density at radius 3 is 2.67 bits per heavy atom. The fourth-order valence-electron chi connectivity index (χ4n) is 2.09. The Morgan fingerprint density at radius 1 is 1.33 bits per heavy atom. The highest BCUT2D eigenvalue weighted by Gasteiger charge is 2.22. The number of nitrogens with zero attached hydrogens (tertiary/aromatic N) is 3. The molecule has 6 nitrogen and oxygen atoms in total. The average Bonchev–Trinajstić information content (AvgIpc) is 2.41. The summed E-state index contributed by atoms with van der Waals surface area (Å²) >= 11 is 0. The van der Waals surface area contributed by atoms with E-state index in [2.05, 4.69) is 15.5 Å². The third-order valence-electron chi connectivity index (χ3n) is 3.09. The lowest BCUT2D eigenvalue weighted by atomic mass is 10.1. The Hall–Kier alpha value is -1.85. The van der Waals surface area contributed by atoms with Gasteiger partial charge in [-0.1, -0.05) is 0 Å². The lowest BCUT2D eigenvalue weighted by molar-refractivity contribution is -0.132. The van der Waals surface area contributed by atoms with Crippen molar-refractivity contribution in [3.05, 3.63) is 12.1 Å². The highest BCUT2D eigenvalue weighted by molar-refractivity contribution is 5.84. The smallest absolute Gasteiger partial charge is 0.244 e. The van der Waals surface area contributed by atoms with Crippen LogP contribution in [-0.2, 0) is 4.79 Å². The Labute approximate surface area is 107 Å². The van der Waals surface area contributed by atoms with Gasteiger partial charge in [-0.15, -0.1) is 10.2 Å². The molecule has 1 fully saturated rings. The number of nitrogens with one attached hydrogen (secondary N) is 1. The van der Waals surface area contributed by atoms with Gasteiger partial charge in [-0.3, -0.25) is 4.79 Å². The molecule has 1 unspecified atom stereocenters. The monoisotopic (exact) mass is 249 g/mol. The molecule has 1 atom stereocenters. The zero-order valence-corrected chi connectivity index (χ0v) is 10.6. The molecule has 1 aliphatic heterocycles. The summed E-state index contributed by atoms with van der Waals surface area (Å²) < 4.78 is 0. The zero-order chi connectivity index (χ0) is 13.0. The second-order valence-electron chi connectivity index (χ2n) is 4.60. The van der Waals surface area contributed by atoms with E-state index in [4.69, 9.17) is 5.73 Å². The number of aromatic nitrogens is 2. The van der Waals surface area contributed by atoms with E-state index in [1.807, 2.05) is 11.8 Å². The van der Waals surface area contributed by atoms with E-state index >= 15 is 0 Å². The van der Waals surface area contributed by atoms with Crippen LogP contribution in [0.15, 0.2) is 12.1 Å². The van der Waals surface area contributed by atoms with Gasteiger partial charge in [-0.25, -0.2) is 0 Å². The maximum atomic E-state index is 12.2. The molecule has 98 valence electrons. The van der Waals surface area contributed by atoms with E-state index in [1.165, 1.54) is 6.42 Å². The minimum atomic E-state index is -0.291. The molecule has 0 saturated carbocycles. The Kier molecular flexibility index (Phi) is 3.96. The normalized spacial score (nSPS) is 17.3. The van der Waals surface area contributed by atoms with E-state index in [9.17, 15) is 4.79 Å². The summed E-state index contributed by atoms with van der Waals surface area (Å²) in [4.78, 5) is 14.1. The van der Waals surface area contributed by atoms with Crippen LogP contribution in [0.4, 0.5) is 11.6 Å². The van der Waals surface area contributed by atoms with Gasteiger partial charge in [-0.2, -0.15) is 0 Å². The van der Waals surface area contributed by atoms with Crippen molar-refractivity contribution in [3.8, 4) is 0 Å². The van der Waals surface area contributed by atoms with Gasteiger partial charge < -0.3 is 16.0 Å². The van der Waals surface area contributed by atoms with Crippen molar-refractivity contribution >= 4 is 17.5 Å². The quantitative estimate of drug-likeness (QED) is 0.830.